The summed E-state index contributed by atoms with van der Waals surface area (Å²) < 4.78 is 36.7. The molecule has 0 aliphatic rings. The Bertz CT molecular complexity index is 1310. The molecule has 168 valence electrons. The molecule has 0 saturated carbocycles. The van der Waals surface area contributed by atoms with Gasteiger partial charge in [-0.3, -0.25) is 0 Å². The highest BCUT2D eigenvalue weighted by molar-refractivity contribution is 7.91. The van der Waals surface area contributed by atoms with Crippen molar-refractivity contribution in [1.82, 2.24) is 0 Å². The van der Waals surface area contributed by atoms with E-state index in [4.69, 9.17) is 9.47 Å². The smallest absolute Gasteiger partial charge is 0.206 e. The van der Waals surface area contributed by atoms with Crippen LogP contribution in [0.2, 0.25) is 0 Å². The van der Waals surface area contributed by atoms with Crippen molar-refractivity contribution in [3.05, 3.63) is 114 Å². The van der Waals surface area contributed by atoms with Crippen LogP contribution in [-0.2, 0) is 15.3 Å². The summed E-state index contributed by atoms with van der Waals surface area (Å²) in [5.41, 5.74) is 2.16. The van der Waals surface area contributed by atoms with Crippen LogP contribution in [0.4, 0.5) is 0 Å². The van der Waals surface area contributed by atoms with Crippen molar-refractivity contribution >= 4 is 9.84 Å². The molecule has 0 unspecified atom stereocenters. The first-order valence-corrected chi connectivity index (χ1v) is 12.1. The zero-order valence-electron chi connectivity index (χ0n) is 18.9. The van der Waals surface area contributed by atoms with Gasteiger partial charge in [0, 0.05) is 5.41 Å². The quantitative estimate of drug-likeness (QED) is 0.311. The molecule has 5 heteroatoms. The maximum atomic E-state index is 12.7. The van der Waals surface area contributed by atoms with Crippen molar-refractivity contribution in [2.24, 2.45) is 0 Å². The molecule has 4 aromatic carbocycles. The molecule has 0 aliphatic carbocycles. The second-order valence-corrected chi connectivity index (χ2v) is 10.2. The molecule has 0 fully saturated rings. The van der Waals surface area contributed by atoms with E-state index in [2.05, 4.69) is 26.0 Å². The van der Waals surface area contributed by atoms with Crippen LogP contribution in [0.1, 0.15) is 25.0 Å². The molecule has 0 saturated heterocycles. The van der Waals surface area contributed by atoms with Crippen molar-refractivity contribution in [2.45, 2.75) is 29.1 Å². The second kappa shape index (κ2) is 9.12. The summed E-state index contributed by atoms with van der Waals surface area (Å²) in [6, 6.07) is 30.9. The first-order chi connectivity index (χ1) is 15.8. The zero-order chi connectivity index (χ0) is 23.5. The SMILES string of the molecule is COc1ccc(C(C)(C)c2ccc(Oc3ccc(S(=O)(=O)c4ccccc4)cc3)cc2)cc1. The highest BCUT2D eigenvalue weighted by Crippen LogP contribution is 2.34. The van der Waals surface area contributed by atoms with Crippen LogP contribution < -0.4 is 9.47 Å². The fourth-order valence-electron chi connectivity index (χ4n) is 3.67. The Morgan fingerprint density at radius 3 is 1.48 bits per heavy atom. The highest BCUT2D eigenvalue weighted by Gasteiger charge is 2.23. The van der Waals surface area contributed by atoms with Gasteiger partial charge in [-0.1, -0.05) is 56.3 Å². The molecule has 4 rings (SSSR count). The van der Waals surface area contributed by atoms with Gasteiger partial charge in [-0.25, -0.2) is 8.42 Å². The summed E-state index contributed by atoms with van der Waals surface area (Å²) in [5, 5.41) is 0. The zero-order valence-corrected chi connectivity index (χ0v) is 19.7. The summed E-state index contributed by atoms with van der Waals surface area (Å²) in [4.78, 5) is 0.506. The molecule has 0 spiro atoms. The van der Waals surface area contributed by atoms with Crippen LogP contribution in [0, 0.1) is 0 Å². The Morgan fingerprint density at radius 2 is 1.00 bits per heavy atom. The Kier molecular flexibility index (Phi) is 6.25. The normalized spacial score (nSPS) is 11.7. The molecule has 0 radical (unpaired) electrons. The highest BCUT2D eigenvalue weighted by atomic mass is 32.2. The largest absolute Gasteiger partial charge is 0.497 e. The molecule has 33 heavy (non-hydrogen) atoms. The van der Waals surface area contributed by atoms with E-state index < -0.39 is 9.84 Å². The van der Waals surface area contributed by atoms with Gasteiger partial charge in [-0.15, -0.1) is 0 Å². The van der Waals surface area contributed by atoms with Crippen LogP contribution in [0.25, 0.3) is 0 Å². The first kappa shape index (κ1) is 22.6. The van der Waals surface area contributed by atoms with E-state index in [0.717, 1.165) is 11.3 Å². The summed E-state index contributed by atoms with van der Waals surface area (Å²) in [6.45, 7) is 4.35. The van der Waals surface area contributed by atoms with E-state index in [1.54, 1.807) is 61.7 Å². The van der Waals surface area contributed by atoms with E-state index in [-0.39, 0.29) is 15.2 Å². The number of hydrogen-bond acceptors (Lipinski definition) is 4. The van der Waals surface area contributed by atoms with Crippen LogP contribution in [0.15, 0.2) is 113 Å². The molecule has 0 aliphatic heterocycles. The van der Waals surface area contributed by atoms with Gasteiger partial charge < -0.3 is 9.47 Å². The summed E-state index contributed by atoms with van der Waals surface area (Å²) in [7, 11) is -1.88. The predicted molar refractivity (Wildman–Crippen MR) is 130 cm³/mol. The third-order valence-corrected chi connectivity index (χ3v) is 7.60. The Hall–Kier alpha value is -3.57. The van der Waals surface area contributed by atoms with Gasteiger partial charge in [-0.05, 0) is 71.8 Å². The molecule has 4 nitrogen and oxygen atoms in total. The molecular weight excluding hydrogens is 432 g/mol. The summed E-state index contributed by atoms with van der Waals surface area (Å²) in [6.07, 6.45) is 0. The van der Waals surface area contributed by atoms with Gasteiger partial charge in [0.1, 0.15) is 17.2 Å². The Morgan fingerprint density at radius 1 is 0.576 bits per heavy atom. The van der Waals surface area contributed by atoms with Crippen molar-refractivity contribution in [1.29, 1.82) is 0 Å². The molecule has 0 heterocycles. The number of sulfone groups is 1. The van der Waals surface area contributed by atoms with Crippen LogP contribution in [0.3, 0.4) is 0 Å². The minimum atomic E-state index is -3.54. The molecular formula is C28H26O4S. The van der Waals surface area contributed by atoms with Crippen molar-refractivity contribution in [2.75, 3.05) is 7.11 Å². The van der Waals surface area contributed by atoms with Crippen LogP contribution in [0.5, 0.6) is 17.2 Å². The molecule has 0 amide bonds. The number of benzene rings is 4. The Labute approximate surface area is 195 Å². The fraction of sp³-hybridized carbons (Fsp3) is 0.143. The molecule has 0 N–H and O–H groups in total. The summed E-state index contributed by atoms with van der Waals surface area (Å²) >= 11 is 0. The average Bonchev–Trinajstić information content (AvgIpc) is 2.85. The first-order valence-electron chi connectivity index (χ1n) is 10.6. The third-order valence-electron chi connectivity index (χ3n) is 5.81. The van der Waals surface area contributed by atoms with Gasteiger partial charge in [0.15, 0.2) is 0 Å². The summed E-state index contributed by atoms with van der Waals surface area (Å²) in [5.74, 6) is 2.09. The molecule has 0 bridgehead atoms. The van der Waals surface area contributed by atoms with E-state index >= 15 is 0 Å². The minimum Gasteiger partial charge on any atom is -0.497 e. The monoisotopic (exact) mass is 458 g/mol. The fourth-order valence-corrected chi connectivity index (χ4v) is 4.95. The van der Waals surface area contributed by atoms with E-state index in [1.807, 2.05) is 36.4 Å². The molecule has 4 aromatic rings. The van der Waals surface area contributed by atoms with Gasteiger partial charge >= 0.3 is 0 Å². The number of methoxy groups -OCH3 is 1. The third kappa shape index (κ3) is 4.78. The van der Waals surface area contributed by atoms with Crippen molar-refractivity contribution in [3.63, 3.8) is 0 Å². The minimum absolute atomic E-state index is 0.182. The molecule has 0 aromatic heterocycles. The number of hydrogen-bond donors (Lipinski definition) is 0. The molecule has 0 atom stereocenters. The average molecular weight is 459 g/mol. The van der Waals surface area contributed by atoms with E-state index in [1.165, 1.54) is 5.56 Å². The predicted octanol–water partition coefficient (Wildman–Crippen LogP) is 6.65. The van der Waals surface area contributed by atoms with Crippen LogP contribution in [-0.4, -0.2) is 15.5 Å². The van der Waals surface area contributed by atoms with Crippen molar-refractivity contribution < 1.29 is 17.9 Å². The van der Waals surface area contributed by atoms with E-state index in [9.17, 15) is 8.42 Å². The lowest BCUT2D eigenvalue weighted by Crippen LogP contribution is -2.18. The van der Waals surface area contributed by atoms with Gasteiger partial charge in [-0.2, -0.15) is 0 Å². The second-order valence-electron chi connectivity index (χ2n) is 8.27. The van der Waals surface area contributed by atoms with Gasteiger partial charge in [0.2, 0.25) is 9.84 Å². The maximum absolute atomic E-state index is 12.7. The standard InChI is InChI=1S/C28H26O4S/c1-28(2,21-9-13-23(31-3)14-10-21)22-11-15-24(16-12-22)32-25-17-19-27(20-18-25)33(29,30)26-7-5-4-6-8-26/h4-20H,1-3H3. The number of ether oxygens (including phenoxy) is 2. The lowest BCUT2D eigenvalue weighted by atomic mass is 9.78. The van der Waals surface area contributed by atoms with Gasteiger partial charge in [0.25, 0.3) is 0 Å². The maximum Gasteiger partial charge on any atom is 0.206 e. The Balaban J connectivity index is 1.49. The lowest BCUT2D eigenvalue weighted by molar-refractivity contribution is 0.414. The van der Waals surface area contributed by atoms with Crippen molar-refractivity contribution in [3.8, 4) is 17.2 Å². The van der Waals surface area contributed by atoms with Crippen LogP contribution >= 0.6 is 0 Å². The lowest BCUT2D eigenvalue weighted by Gasteiger charge is -2.26. The van der Waals surface area contributed by atoms with Gasteiger partial charge in [0.05, 0.1) is 16.9 Å². The topological polar surface area (TPSA) is 52.6 Å². The van der Waals surface area contributed by atoms with E-state index in [0.29, 0.717) is 11.5 Å². The number of rotatable bonds is 7.